The van der Waals surface area contributed by atoms with Gasteiger partial charge in [-0.1, -0.05) is 12.1 Å². The predicted molar refractivity (Wildman–Crippen MR) is 71.5 cm³/mol. The highest BCUT2D eigenvalue weighted by atomic mass is 32.2. The van der Waals surface area contributed by atoms with Crippen LogP contribution in [0.4, 0.5) is 13.2 Å². The fourth-order valence-electron chi connectivity index (χ4n) is 1.76. The van der Waals surface area contributed by atoms with E-state index in [2.05, 4.69) is 4.72 Å². The van der Waals surface area contributed by atoms with Gasteiger partial charge in [0, 0.05) is 6.04 Å². The van der Waals surface area contributed by atoms with Crippen LogP contribution >= 0.6 is 0 Å². The first-order chi connectivity index (χ1) is 9.79. The van der Waals surface area contributed by atoms with E-state index in [0.29, 0.717) is 11.6 Å². The Bertz CT molecular complexity index is 745. The van der Waals surface area contributed by atoms with Crippen molar-refractivity contribution in [2.75, 3.05) is 0 Å². The Kier molecular flexibility index (Phi) is 4.34. The minimum Gasteiger partial charge on any atom is -0.207 e. The molecule has 1 N–H and O–H groups in total. The highest BCUT2D eigenvalue weighted by Crippen LogP contribution is 2.18. The van der Waals surface area contributed by atoms with Crippen molar-refractivity contribution in [3.05, 3.63) is 65.5 Å². The van der Waals surface area contributed by atoms with Gasteiger partial charge in [0.05, 0.1) is 4.90 Å². The predicted octanol–water partition coefficient (Wildman–Crippen LogP) is 3.14. The van der Waals surface area contributed by atoms with Gasteiger partial charge < -0.3 is 0 Å². The number of sulfonamides is 1. The maximum atomic E-state index is 13.1. The fourth-order valence-corrected chi connectivity index (χ4v) is 3.01. The van der Waals surface area contributed by atoms with E-state index in [9.17, 15) is 21.6 Å². The molecule has 7 heteroatoms. The number of hydrogen-bond acceptors (Lipinski definition) is 2. The first-order valence-electron chi connectivity index (χ1n) is 6.02. The van der Waals surface area contributed by atoms with Crippen LogP contribution in [0, 0.1) is 17.5 Å². The molecule has 2 aromatic rings. The lowest BCUT2D eigenvalue weighted by Gasteiger charge is -2.14. The molecule has 0 spiro atoms. The summed E-state index contributed by atoms with van der Waals surface area (Å²) < 4.78 is 65.2. The van der Waals surface area contributed by atoms with E-state index >= 15 is 0 Å². The zero-order chi connectivity index (χ0) is 15.6. The van der Waals surface area contributed by atoms with Gasteiger partial charge in [0.25, 0.3) is 0 Å². The quantitative estimate of drug-likeness (QED) is 0.942. The van der Waals surface area contributed by atoms with E-state index in [1.165, 1.54) is 24.3 Å². The maximum Gasteiger partial charge on any atom is 0.241 e. The third kappa shape index (κ3) is 3.62. The molecule has 0 heterocycles. The smallest absolute Gasteiger partial charge is 0.207 e. The van der Waals surface area contributed by atoms with Crippen molar-refractivity contribution in [3.8, 4) is 0 Å². The van der Waals surface area contributed by atoms with Crippen molar-refractivity contribution in [1.29, 1.82) is 0 Å². The van der Waals surface area contributed by atoms with Crippen molar-refractivity contribution >= 4 is 10.0 Å². The van der Waals surface area contributed by atoms with Crippen LogP contribution in [0.15, 0.2) is 47.4 Å². The summed E-state index contributed by atoms with van der Waals surface area (Å²) in [6.45, 7) is 1.56. The molecule has 0 unspecified atom stereocenters. The van der Waals surface area contributed by atoms with E-state index in [4.69, 9.17) is 0 Å². The Labute approximate surface area is 120 Å². The zero-order valence-electron chi connectivity index (χ0n) is 11.0. The van der Waals surface area contributed by atoms with E-state index in [-0.39, 0.29) is 4.90 Å². The first kappa shape index (κ1) is 15.5. The number of rotatable bonds is 4. The standard InChI is InChI=1S/C14H12F3NO2S/c1-9(10-2-4-11(15)5-3-10)18-21(19,20)12-6-7-13(16)14(17)8-12/h2-9,18H,1H3/t9-/m0/s1. The van der Waals surface area contributed by atoms with Crippen LogP contribution in [0.3, 0.4) is 0 Å². The summed E-state index contributed by atoms with van der Waals surface area (Å²) >= 11 is 0. The van der Waals surface area contributed by atoms with Crippen LogP contribution in [-0.2, 0) is 10.0 Å². The third-order valence-electron chi connectivity index (χ3n) is 2.90. The summed E-state index contributed by atoms with van der Waals surface area (Å²) in [5.41, 5.74) is 0.544. The first-order valence-corrected chi connectivity index (χ1v) is 7.51. The second-order valence-corrected chi connectivity index (χ2v) is 6.18. The molecule has 0 aliphatic heterocycles. The van der Waals surface area contributed by atoms with E-state index in [1.54, 1.807) is 6.92 Å². The van der Waals surface area contributed by atoms with E-state index in [0.717, 1.165) is 12.1 Å². The molecule has 3 nitrogen and oxygen atoms in total. The summed E-state index contributed by atoms with van der Waals surface area (Å²) in [7, 11) is -4.01. The van der Waals surface area contributed by atoms with Crippen LogP contribution in [0.2, 0.25) is 0 Å². The molecule has 0 radical (unpaired) electrons. The van der Waals surface area contributed by atoms with Crippen molar-refractivity contribution in [3.63, 3.8) is 0 Å². The number of nitrogens with one attached hydrogen (secondary N) is 1. The van der Waals surface area contributed by atoms with Gasteiger partial charge in [-0.3, -0.25) is 0 Å². The van der Waals surface area contributed by atoms with Gasteiger partial charge in [0.2, 0.25) is 10.0 Å². The van der Waals surface area contributed by atoms with Crippen molar-refractivity contribution < 1.29 is 21.6 Å². The Balaban J connectivity index is 2.24. The highest BCUT2D eigenvalue weighted by Gasteiger charge is 2.20. The molecule has 0 bridgehead atoms. The SMILES string of the molecule is C[C@H](NS(=O)(=O)c1ccc(F)c(F)c1)c1ccc(F)cc1. The molecule has 0 saturated heterocycles. The van der Waals surface area contributed by atoms with Crippen LogP contribution < -0.4 is 4.72 Å². The van der Waals surface area contributed by atoms with Gasteiger partial charge in [-0.05, 0) is 42.8 Å². The fraction of sp³-hybridized carbons (Fsp3) is 0.143. The number of benzene rings is 2. The average Bonchev–Trinajstić information content (AvgIpc) is 2.42. The molecular formula is C14H12F3NO2S. The molecule has 21 heavy (non-hydrogen) atoms. The average molecular weight is 315 g/mol. The molecule has 0 fully saturated rings. The molecule has 2 rings (SSSR count). The lowest BCUT2D eigenvalue weighted by atomic mass is 10.1. The minimum absolute atomic E-state index is 0.379. The van der Waals surface area contributed by atoms with Gasteiger partial charge in [0.1, 0.15) is 5.82 Å². The zero-order valence-corrected chi connectivity index (χ0v) is 11.8. The van der Waals surface area contributed by atoms with Gasteiger partial charge in [0.15, 0.2) is 11.6 Å². The van der Waals surface area contributed by atoms with Gasteiger partial charge in [-0.15, -0.1) is 0 Å². The maximum absolute atomic E-state index is 13.1. The second kappa shape index (κ2) is 5.87. The second-order valence-electron chi connectivity index (χ2n) is 4.47. The molecule has 2 aromatic carbocycles. The molecule has 0 amide bonds. The number of halogens is 3. The van der Waals surface area contributed by atoms with Crippen LogP contribution in [0.25, 0.3) is 0 Å². The van der Waals surface area contributed by atoms with Crippen LogP contribution in [0.1, 0.15) is 18.5 Å². The Hall–Kier alpha value is -1.86. The molecule has 0 saturated carbocycles. The Morgan fingerprint density at radius 2 is 1.57 bits per heavy atom. The summed E-state index contributed by atoms with van der Waals surface area (Å²) in [4.78, 5) is -0.379. The van der Waals surface area contributed by atoms with Gasteiger partial charge in [-0.2, -0.15) is 0 Å². The number of hydrogen-bond donors (Lipinski definition) is 1. The lowest BCUT2D eigenvalue weighted by Crippen LogP contribution is -2.27. The van der Waals surface area contributed by atoms with Crippen molar-refractivity contribution in [1.82, 2.24) is 4.72 Å². The molecule has 0 aliphatic rings. The third-order valence-corrected chi connectivity index (χ3v) is 4.44. The van der Waals surface area contributed by atoms with Crippen LogP contribution in [0.5, 0.6) is 0 Å². The molecule has 112 valence electrons. The summed E-state index contributed by atoms with van der Waals surface area (Å²) in [5, 5.41) is 0. The highest BCUT2D eigenvalue weighted by molar-refractivity contribution is 7.89. The monoisotopic (exact) mass is 315 g/mol. The van der Waals surface area contributed by atoms with Gasteiger partial charge in [-0.25, -0.2) is 26.3 Å². The lowest BCUT2D eigenvalue weighted by molar-refractivity contribution is 0.503. The molecule has 0 aromatic heterocycles. The summed E-state index contributed by atoms with van der Waals surface area (Å²) in [5.74, 6) is -2.80. The minimum atomic E-state index is -4.01. The molecule has 1 atom stereocenters. The van der Waals surface area contributed by atoms with Gasteiger partial charge >= 0.3 is 0 Å². The molecular weight excluding hydrogens is 303 g/mol. The van der Waals surface area contributed by atoms with Crippen LogP contribution in [-0.4, -0.2) is 8.42 Å². The van der Waals surface area contributed by atoms with E-state index in [1.807, 2.05) is 0 Å². The summed E-state index contributed by atoms with van der Waals surface area (Å²) in [6.07, 6.45) is 0. The Morgan fingerprint density at radius 1 is 0.952 bits per heavy atom. The largest absolute Gasteiger partial charge is 0.241 e. The van der Waals surface area contributed by atoms with Crippen molar-refractivity contribution in [2.24, 2.45) is 0 Å². The van der Waals surface area contributed by atoms with E-state index < -0.39 is 33.5 Å². The Morgan fingerprint density at radius 3 is 2.14 bits per heavy atom. The summed E-state index contributed by atoms with van der Waals surface area (Å²) in [6, 6.07) is 6.96. The normalized spacial score (nSPS) is 13.1. The molecule has 0 aliphatic carbocycles. The topological polar surface area (TPSA) is 46.2 Å². The van der Waals surface area contributed by atoms with Crippen molar-refractivity contribution in [2.45, 2.75) is 17.9 Å².